The summed E-state index contributed by atoms with van der Waals surface area (Å²) in [6, 6.07) is 10.7. The van der Waals surface area contributed by atoms with Gasteiger partial charge in [-0.1, -0.05) is 12.1 Å². The van der Waals surface area contributed by atoms with Crippen LogP contribution in [0, 0.1) is 0 Å². The number of carboxylic acids is 1. The zero-order valence-corrected chi connectivity index (χ0v) is 14.5. The van der Waals surface area contributed by atoms with E-state index in [0.29, 0.717) is 6.42 Å². The monoisotopic (exact) mass is 384 g/mol. The molecule has 0 aliphatic heterocycles. The first kappa shape index (κ1) is 19.1. The van der Waals surface area contributed by atoms with Gasteiger partial charge in [0, 0.05) is 6.54 Å². The maximum atomic E-state index is 12.2. The molecule has 0 spiro atoms. The van der Waals surface area contributed by atoms with Gasteiger partial charge in [-0.05, 0) is 48.4 Å². The summed E-state index contributed by atoms with van der Waals surface area (Å²) in [5, 5.41) is 13.8. The van der Waals surface area contributed by atoms with Gasteiger partial charge in [0.05, 0.1) is 15.4 Å². The molecule has 4 N–H and O–H groups in total. The Morgan fingerprint density at radius 1 is 0.920 bits per heavy atom. The highest BCUT2D eigenvalue weighted by atomic mass is 32.2. The predicted molar refractivity (Wildman–Crippen MR) is 90.1 cm³/mol. The molecular formula is C15H16N2O6S2. The highest BCUT2D eigenvalue weighted by Crippen LogP contribution is 2.13. The molecule has 0 fully saturated rings. The van der Waals surface area contributed by atoms with E-state index in [9.17, 15) is 21.6 Å². The van der Waals surface area contributed by atoms with Gasteiger partial charge in [-0.25, -0.2) is 31.5 Å². The van der Waals surface area contributed by atoms with Gasteiger partial charge in [-0.2, -0.15) is 0 Å². The molecule has 10 heteroatoms. The molecule has 8 nitrogen and oxygen atoms in total. The summed E-state index contributed by atoms with van der Waals surface area (Å²) in [5.41, 5.74) is 0.927. The molecule has 2 rings (SSSR count). The Hall–Kier alpha value is -2.27. The normalized spacial score (nSPS) is 12.0. The van der Waals surface area contributed by atoms with Gasteiger partial charge >= 0.3 is 5.97 Å². The summed E-state index contributed by atoms with van der Waals surface area (Å²) in [6.07, 6.45) is 0.369. The molecule has 2 aromatic rings. The van der Waals surface area contributed by atoms with E-state index >= 15 is 0 Å². The average molecular weight is 384 g/mol. The summed E-state index contributed by atoms with van der Waals surface area (Å²) < 4.78 is 49.0. The quantitative estimate of drug-likeness (QED) is 0.636. The lowest BCUT2D eigenvalue weighted by Gasteiger charge is -2.08. The first-order valence-corrected chi connectivity index (χ1v) is 10.1. The van der Waals surface area contributed by atoms with Crippen LogP contribution in [0.25, 0.3) is 0 Å². The number of hydrogen-bond donors (Lipinski definition) is 3. The number of rotatable bonds is 7. The lowest BCUT2D eigenvalue weighted by atomic mass is 10.1. The van der Waals surface area contributed by atoms with Gasteiger partial charge in [-0.15, -0.1) is 0 Å². The van der Waals surface area contributed by atoms with E-state index in [4.69, 9.17) is 10.2 Å². The van der Waals surface area contributed by atoms with Gasteiger partial charge in [0.1, 0.15) is 0 Å². The van der Waals surface area contributed by atoms with Crippen molar-refractivity contribution in [3.05, 3.63) is 59.7 Å². The Morgan fingerprint density at radius 2 is 1.44 bits per heavy atom. The molecule has 0 aromatic heterocycles. The van der Waals surface area contributed by atoms with E-state index in [1.54, 1.807) is 12.1 Å². The number of nitrogens with two attached hydrogens (primary N) is 1. The molecule has 0 saturated carbocycles. The summed E-state index contributed by atoms with van der Waals surface area (Å²) in [4.78, 5) is 10.5. The fourth-order valence-corrected chi connectivity index (χ4v) is 3.58. The summed E-state index contributed by atoms with van der Waals surface area (Å²) in [7, 11) is -7.68. The summed E-state index contributed by atoms with van der Waals surface area (Å²) in [5.74, 6) is -1.03. The van der Waals surface area contributed by atoms with E-state index in [-0.39, 0.29) is 21.9 Å². The summed E-state index contributed by atoms with van der Waals surface area (Å²) in [6.45, 7) is 0.103. The Bertz CT molecular complexity index is 966. The Morgan fingerprint density at radius 3 is 1.92 bits per heavy atom. The molecule has 0 radical (unpaired) electrons. The molecule has 0 aliphatic rings. The molecule has 0 unspecified atom stereocenters. The predicted octanol–water partition coefficient (Wildman–Crippen LogP) is 0.553. The van der Waals surface area contributed by atoms with Crippen LogP contribution in [0.4, 0.5) is 0 Å². The van der Waals surface area contributed by atoms with Crippen molar-refractivity contribution in [1.82, 2.24) is 4.72 Å². The van der Waals surface area contributed by atoms with Crippen LogP contribution in [0.2, 0.25) is 0 Å². The SMILES string of the molecule is NS(=O)(=O)c1ccc(S(=O)(=O)NCCc2ccc(C(=O)O)cc2)cc1. The van der Waals surface area contributed by atoms with Crippen LogP contribution in [0.3, 0.4) is 0 Å². The number of primary sulfonamides is 1. The minimum atomic E-state index is -3.88. The molecule has 0 amide bonds. The zero-order chi connectivity index (χ0) is 18.7. The Balaban J connectivity index is 2.00. The molecule has 2 aromatic carbocycles. The second kappa shape index (κ2) is 7.31. The minimum absolute atomic E-state index is 0.0823. The summed E-state index contributed by atoms with van der Waals surface area (Å²) >= 11 is 0. The third-order valence-corrected chi connectivity index (χ3v) is 5.78. The fourth-order valence-electron chi connectivity index (χ4n) is 2.04. The van der Waals surface area contributed by atoms with Crippen molar-refractivity contribution in [2.45, 2.75) is 16.2 Å². The zero-order valence-electron chi connectivity index (χ0n) is 12.9. The molecule has 25 heavy (non-hydrogen) atoms. The molecule has 134 valence electrons. The van der Waals surface area contributed by atoms with Crippen molar-refractivity contribution in [3.8, 4) is 0 Å². The third-order valence-electron chi connectivity index (χ3n) is 3.37. The number of benzene rings is 2. The number of sulfonamides is 2. The number of carbonyl (C=O) groups is 1. The van der Waals surface area contributed by atoms with Gasteiger partial charge in [0.15, 0.2) is 0 Å². The van der Waals surface area contributed by atoms with Crippen molar-refractivity contribution in [2.75, 3.05) is 6.54 Å². The molecule has 0 atom stereocenters. The fraction of sp³-hybridized carbons (Fsp3) is 0.133. The van der Waals surface area contributed by atoms with E-state index in [1.807, 2.05) is 0 Å². The van der Waals surface area contributed by atoms with Crippen molar-refractivity contribution in [2.24, 2.45) is 5.14 Å². The molecule has 0 bridgehead atoms. The molecule has 0 saturated heterocycles. The minimum Gasteiger partial charge on any atom is -0.478 e. The topological polar surface area (TPSA) is 144 Å². The Labute approximate surface area is 145 Å². The number of carboxylic acid groups (broad SMARTS) is 1. The van der Waals surface area contributed by atoms with E-state index < -0.39 is 26.0 Å². The van der Waals surface area contributed by atoms with Gasteiger partial charge in [0.2, 0.25) is 20.0 Å². The lowest BCUT2D eigenvalue weighted by molar-refractivity contribution is 0.0697. The molecular weight excluding hydrogens is 368 g/mol. The number of nitrogens with one attached hydrogen (secondary N) is 1. The second-order valence-corrected chi connectivity index (χ2v) is 8.49. The second-order valence-electron chi connectivity index (χ2n) is 5.17. The highest BCUT2D eigenvalue weighted by Gasteiger charge is 2.15. The van der Waals surface area contributed by atoms with Crippen molar-refractivity contribution in [1.29, 1.82) is 0 Å². The van der Waals surface area contributed by atoms with Crippen molar-refractivity contribution >= 4 is 26.0 Å². The largest absolute Gasteiger partial charge is 0.478 e. The standard InChI is InChI=1S/C15H16N2O6S2/c16-24(20,21)13-5-7-14(8-6-13)25(22,23)17-10-9-11-1-3-12(4-2-11)15(18)19/h1-8,17H,9-10H2,(H,18,19)(H2,16,20,21). The van der Waals surface area contributed by atoms with Crippen LogP contribution in [-0.4, -0.2) is 34.5 Å². The van der Waals surface area contributed by atoms with Crippen LogP contribution < -0.4 is 9.86 Å². The van der Waals surface area contributed by atoms with E-state index in [0.717, 1.165) is 29.8 Å². The van der Waals surface area contributed by atoms with E-state index in [1.165, 1.54) is 12.1 Å². The average Bonchev–Trinajstić information content (AvgIpc) is 2.54. The third kappa shape index (κ3) is 5.10. The first-order valence-electron chi connectivity index (χ1n) is 7.04. The van der Waals surface area contributed by atoms with Gasteiger partial charge in [0.25, 0.3) is 0 Å². The molecule has 0 aliphatic carbocycles. The van der Waals surface area contributed by atoms with Crippen LogP contribution in [0.15, 0.2) is 58.3 Å². The number of aromatic carboxylic acids is 1. The first-order chi connectivity index (χ1) is 11.6. The lowest BCUT2D eigenvalue weighted by Crippen LogP contribution is -2.26. The molecule has 0 heterocycles. The number of hydrogen-bond acceptors (Lipinski definition) is 5. The van der Waals surface area contributed by atoms with Crippen LogP contribution in [-0.2, 0) is 26.5 Å². The van der Waals surface area contributed by atoms with Gasteiger partial charge < -0.3 is 5.11 Å². The van der Waals surface area contributed by atoms with Crippen LogP contribution in [0.5, 0.6) is 0 Å². The maximum absolute atomic E-state index is 12.2. The van der Waals surface area contributed by atoms with Gasteiger partial charge in [-0.3, -0.25) is 0 Å². The smallest absolute Gasteiger partial charge is 0.335 e. The maximum Gasteiger partial charge on any atom is 0.335 e. The highest BCUT2D eigenvalue weighted by molar-refractivity contribution is 7.89. The Kier molecular flexibility index (Phi) is 5.58. The van der Waals surface area contributed by atoms with Crippen molar-refractivity contribution in [3.63, 3.8) is 0 Å². The van der Waals surface area contributed by atoms with Crippen LogP contribution in [0.1, 0.15) is 15.9 Å². The van der Waals surface area contributed by atoms with E-state index in [2.05, 4.69) is 4.72 Å². The van der Waals surface area contributed by atoms with Crippen molar-refractivity contribution < 1.29 is 26.7 Å². The van der Waals surface area contributed by atoms with Crippen LogP contribution >= 0.6 is 0 Å².